The van der Waals surface area contributed by atoms with Crippen molar-refractivity contribution in [2.75, 3.05) is 10.6 Å². The maximum atomic E-state index is 10.9. The van der Waals surface area contributed by atoms with Crippen molar-refractivity contribution in [3.63, 3.8) is 0 Å². The summed E-state index contributed by atoms with van der Waals surface area (Å²) in [5.41, 5.74) is 0. The van der Waals surface area contributed by atoms with Gasteiger partial charge in [-0.15, -0.1) is 0 Å². The Balaban J connectivity index is 2.75. The monoisotopic (exact) mass is 248 g/mol. The molecule has 12 heavy (non-hydrogen) atoms. The molecule has 0 bridgehead atoms. The first kappa shape index (κ1) is 9.48. The average molecular weight is 249 g/mol. The number of nitrogens with zero attached hydrogens (tertiary/aromatic N) is 1. The lowest BCUT2D eigenvalue weighted by Gasteiger charge is -2.02. The number of aromatic nitrogens is 1. The van der Waals surface area contributed by atoms with Gasteiger partial charge < -0.3 is 5.32 Å². The summed E-state index contributed by atoms with van der Waals surface area (Å²) >= 11 is 8.75. The molecule has 0 spiro atoms. The zero-order valence-corrected chi connectivity index (χ0v) is 8.39. The van der Waals surface area contributed by atoms with Crippen molar-refractivity contribution < 1.29 is 4.79 Å². The summed E-state index contributed by atoms with van der Waals surface area (Å²) < 4.78 is 0. The van der Waals surface area contributed by atoms with Crippen molar-refractivity contribution in [1.29, 1.82) is 0 Å². The number of amides is 1. The number of hydrogen-bond acceptors (Lipinski definition) is 2. The van der Waals surface area contributed by atoms with Crippen molar-refractivity contribution in [3.05, 3.63) is 23.4 Å². The van der Waals surface area contributed by atoms with E-state index in [0.717, 1.165) is 0 Å². The summed E-state index contributed by atoms with van der Waals surface area (Å²) in [6, 6.07) is 3.37. The lowest BCUT2D eigenvalue weighted by molar-refractivity contribution is -0.113. The van der Waals surface area contributed by atoms with Gasteiger partial charge in [0, 0.05) is 6.20 Å². The van der Waals surface area contributed by atoms with Gasteiger partial charge in [-0.05, 0) is 12.1 Å². The van der Waals surface area contributed by atoms with Crippen LogP contribution in [0.2, 0.25) is 5.02 Å². The molecule has 0 aliphatic heterocycles. The molecule has 1 rings (SSSR count). The van der Waals surface area contributed by atoms with Gasteiger partial charge in [0.15, 0.2) is 5.82 Å². The number of pyridine rings is 1. The fourth-order valence-electron chi connectivity index (χ4n) is 0.643. The molecule has 1 aromatic rings. The van der Waals surface area contributed by atoms with Crippen molar-refractivity contribution in [2.24, 2.45) is 0 Å². The van der Waals surface area contributed by atoms with Crippen LogP contribution in [-0.4, -0.2) is 16.2 Å². The Bertz CT molecular complexity index is 292. The highest BCUT2D eigenvalue weighted by molar-refractivity contribution is 9.09. The SMILES string of the molecule is O=C(CBr)Nc1ncccc1Cl. The number of carbonyl (C=O) groups is 1. The molecule has 0 fully saturated rings. The molecule has 0 aliphatic carbocycles. The molecule has 0 radical (unpaired) electrons. The highest BCUT2D eigenvalue weighted by Crippen LogP contribution is 2.16. The predicted molar refractivity (Wildman–Crippen MR) is 51.7 cm³/mol. The zero-order chi connectivity index (χ0) is 8.97. The fourth-order valence-corrected chi connectivity index (χ4v) is 0.952. The van der Waals surface area contributed by atoms with Crippen LogP contribution in [0.25, 0.3) is 0 Å². The Labute approximate surface area is 83.3 Å². The van der Waals surface area contributed by atoms with Gasteiger partial charge in [-0.1, -0.05) is 27.5 Å². The first-order valence-electron chi connectivity index (χ1n) is 3.20. The molecule has 0 saturated heterocycles. The van der Waals surface area contributed by atoms with Crippen LogP contribution < -0.4 is 5.32 Å². The van der Waals surface area contributed by atoms with Gasteiger partial charge in [0.2, 0.25) is 5.91 Å². The minimum Gasteiger partial charge on any atom is -0.309 e. The van der Waals surface area contributed by atoms with Gasteiger partial charge in [0.25, 0.3) is 0 Å². The van der Waals surface area contributed by atoms with E-state index in [-0.39, 0.29) is 11.2 Å². The van der Waals surface area contributed by atoms with Gasteiger partial charge in [0.1, 0.15) is 0 Å². The van der Waals surface area contributed by atoms with E-state index in [9.17, 15) is 4.79 Å². The van der Waals surface area contributed by atoms with Crippen LogP contribution in [0.4, 0.5) is 5.82 Å². The van der Waals surface area contributed by atoms with Crippen molar-refractivity contribution in [3.8, 4) is 0 Å². The first-order valence-corrected chi connectivity index (χ1v) is 4.70. The average Bonchev–Trinajstić information content (AvgIpc) is 2.09. The number of halogens is 2. The highest BCUT2D eigenvalue weighted by atomic mass is 79.9. The maximum Gasteiger partial charge on any atom is 0.236 e. The number of alkyl halides is 1. The highest BCUT2D eigenvalue weighted by Gasteiger charge is 2.03. The number of nitrogens with one attached hydrogen (secondary N) is 1. The molecule has 1 heterocycles. The van der Waals surface area contributed by atoms with Crippen LogP contribution in [0.1, 0.15) is 0 Å². The second kappa shape index (κ2) is 4.42. The van der Waals surface area contributed by atoms with E-state index < -0.39 is 0 Å². The molecular weight excluding hydrogens is 243 g/mol. The Kier molecular flexibility index (Phi) is 3.49. The molecule has 0 saturated carbocycles. The summed E-state index contributed by atoms with van der Waals surface area (Å²) in [5.74, 6) is 0.221. The standard InChI is InChI=1S/C7H6BrClN2O/c8-4-6(12)11-7-5(9)2-1-3-10-7/h1-3H,4H2,(H,10,11,12). The van der Waals surface area contributed by atoms with Crippen molar-refractivity contribution in [2.45, 2.75) is 0 Å². The van der Waals surface area contributed by atoms with E-state index >= 15 is 0 Å². The predicted octanol–water partition coefficient (Wildman–Crippen LogP) is 2.07. The quantitative estimate of drug-likeness (QED) is 0.815. The molecular formula is C7H6BrClN2O. The molecule has 0 atom stereocenters. The molecule has 0 aromatic carbocycles. The second-order valence-corrected chi connectivity index (χ2v) is 2.98. The summed E-state index contributed by atoms with van der Waals surface area (Å²) in [7, 11) is 0. The molecule has 0 unspecified atom stereocenters. The van der Waals surface area contributed by atoms with Crippen LogP contribution >= 0.6 is 27.5 Å². The Morgan fingerprint density at radius 1 is 1.75 bits per heavy atom. The van der Waals surface area contributed by atoms with Crippen LogP contribution in [0.3, 0.4) is 0 Å². The normalized spacial score (nSPS) is 9.50. The first-order chi connectivity index (χ1) is 5.74. The van der Waals surface area contributed by atoms with Crippen LogP contribution in [0.5, 0.6) is 0 Å². The summed E-state index contributed by atoms with van der Waals surface area (Å²) in [4.78, 5) is 14.8. The van der Waals surface area contributed by atoms with E-state index in [4.69, 9.17) is 11.6 Å². The lowest BCUT2D eigenvalue weighted by Crippen LogP contribution is -2.13. The Hall–Kier alpha value is -0.610. The number of rotatable bonds is 2. The molecule has 5 heteroatoms. The summed E-state index contributed by atoms with van der Waals surface area (Å²) in [6.07, 6.45) is 1.57. The zero-order valence-electron chi connectivity index (χ0n) is 6.05. The molecule has 1 amide bonds. The second-order valence-electron chi connectivity index (χ2n) is 2.02. The molecule has 3 nitrogen and oxygen atoms in total. The molecule has 1 N–H and O–H groups in total. The minimum atomic E-state index is -0.171. The number of carbonyl (C=O) groups excluding carboxylic acids is 1. The van der Waals surface area contributed by atoms with Crippen LogP contribution in [0.15, 0.2) is 18.3 Å². The van der Waals surface area contributed by atoms with E-state index in [1.165, 1.54) is 0 Å². The smallest absolute Gasteiger partial charge is 0.236 e. The fraction of sp³-hybridized carbons (Fsp3) is 0.143. The molecule has 0 aliphatic rings. The number of anilines is 1. The third kappa shape index (κ3) is 2.46. The molecule has 1 aromatic heterocycles. The van der Waals surface area contributed by atoms with Crippen molar-refractivity contribution in [1.82, 2.24) is 4.98 Å². The van der Waals surface area contributed by atoms with Gasteiger partial charge in [0.05, 0.1) is 10.4 Å². The van der Waals surface area contributed by atoms with E-state index in [0.29, 0.717) is 10.8 Å². The molecule has 64 valence electrons. The van der Waals surface area contributed by atoms with E-state index in [2.05, 4.69) is 26.2 Å². The van der Waals surface area contributed by atoms with Crippen LogP contribution in [-0.2, 0) is 4.79 Å². The van der Waals surface area contributed by atoms with Gasteiger partial charge >= 0.3 is 0 Å². The van der Waals surface area contributed by atoms with E-state index in [1.807, 2.05) is 0 Å². The maximum absolute atomic E-state index is 10.9. The van der Waals surface area contributed by atoms with Crippen LogP contribution in [0, 0.1) is 0 Å². The minimum absolute atomic E-state index is 0.171. The topological polar surface area (TPSA) is 42.0 Å². The summed E-state index contributed by atoms with van der Waals surface area (Å²) in [5, 5.41) is 3.20. The van der Waals surface area contributed by atoms with E-state index in [1.54, 1.807) is 18.3 Å². The third-order valence-electron chi connectivity index (χ3n) is 1.14. The third-order valence-corrected chi connectivity index (χ3v) is 1.95. The largest absolute Gasteiger partial charge is 0.309 e. The van der Waals surface area contributed by atoms with Gasteiger partial charge in [-0.25, -0.2) is 4.98 Å². The Morgan fingerprint density at radius 2 is 2.50 bits per heavy atom. The van der Waals surface area contributed by atoms with Gasteiger partial charge in [-0.3, -0.25) is 4.79 Å². The van der Waals surface area contributed by atoms with Crippen molar-refractivity contribution >= 4 is 39.3 Å². The summed E-state index contributed by atoms with van der Waals surface area (Å²) in [6.45, 7) is 0. The van der Waals surface area contributed by atoms with Gasteiger partial charge in [-0.2, -0.15) is 0 Å². The number of hydrogen-bond donors (Lipinski definition) is 1. The lowest BCUT2D eigenvalue weighted by atomic mass is 10.4. The Morgan fingerprint density at radius 3 is 3.08 bits per heavy atom.